The van der Waals surface area contributed by atoms with E-state index in [1.54, 1.807) is 37.4 Å². The molecule has 1 atom stereocenters. The Morgan fingerprint density at radius 2 is 1.69 bits per heavy atom. The van der Waals surface area contributed by atoms with Gasteiger partial charge in [-0.15, -0.1) is 0 Å². The Bertz CT molecular complexity index is 1860. The lowest BCUT2D eigenvalue weighted by molar-refractivity contribution is 0.415. The van der Waals surface area contributed by atoms with Crippen molar-refractivity contribution < 1.29 is 4.74 Å². The van der Waals surface area contributed by atoms with Gasteiger partial charge in [0.05, 0.1) is 30.8 Å². The van der Waals surface area contributed by atoms with Gasteiger partial charge in [0.25, 0.3) is 5.56 Å². The summed E-state index contributed by atoms with van der Waals surface area (Å²) in [4.78, 5) is 21.8. The van der Waals surface area contributed by atoms with Crippen molar-refractivity contribution in [1.82, 2.24) is 28.9 Å². The van der Waals surface area contributed by atoms with Gasteiger partial charge in [0.15, 0.2) is 5.54 Å². The van der Waals surface area contributed by atoms with Crippen LogP contribution in [0.15, 0.2) is 103 Å². The van der Waals surface area contributed by atoms with E-state index in [2.05, 4.69) is 21.1 Å². The van der Waals surface area contributed by atoms with Gasteiger partial charge in [0.2, 0.25) is 0 Å². The van der Waals surface area contributed by atoms with Gasteiger partial charge >= 0.3 is 0 Å². The maximum atomic E-state index is 13.0. The van der Waals surface area contributed by atoms with Crippen LogP contribution in [-0.2, 0) is 19.6 Å². The van der Waals surface area contributed by atoms with Crippen LogP contribution in [0.3, 0.4) is 0 Å². The van der Waals surface area contributed by atoms with Gasteiger partial charge in [-0.1, -0.05) is 41.9 Å². The molecule has 9 heteroatoms. The Morgan fingerprint density at radius 3 is 2.38 bits per heavy atom. The van der Waals surface area contributed by atoms with Crippen LogP contribution < -0.4 is 10.3 Å². The van der Waals surface area contributed by atoms with Crippen molar-refractivity contribution in [2.45, 2.75) is 5.54 Å². The molecule has 8 nitrogen and oxygen atoms in total. The lowest BCUT2D eigenvalue weighted by atomic mass is 9.79. The van der Waals surface area contributed by atoms with E-state index in [1.807, 2.05) is 83.2 Å². The van der Waals surface area contributed by atoms with Crippen molar-refractivity contribution in [3.63, 3.8) is 0 Å². The maximum Gasteiger partial charge on any atom is 0.251 e. The standard InChI is InChI=1S/C30H25ClN6O2/c1-35-18-32-16-28(35)30(37-19-33-17-34-37,21-7-10-23(31)11-8-21)22-9-12-27-26(14-22)25(15-29(38)36(27)2)20-5-4-6-24(13-20)39-3/h4-19H,1-3H3. The van der Waals surface area contributed by atoms with Gasteiger partial charge in [-0.25, -0.2) is 14.6 Å². The molecule has 0 aliphatic rings. The molecule has 0 amide bonds. The quantitative estimate of drug-likeness (QED) is 0.298. The van der Waals surface area contributed by atoms with E-state index in [-0.39, 0.29) is 5.56 Å². The van der Waals surface area contributed by atoms with Crippen LogP contribution in [0.5, 0.6) is 5.75 Å². The summed E-state index contributed by atoms with van der Waals surface area (Å²) in [5.74, 6) is 0.713. The lowest BCUT2D eigenvalue weighted by Gasteiger charge is -2.35. The second-order valence-corrected chi connectivity index (χ2v) is 9.80. The number of rotatable bonds is 6. The van der Waals surface area contributed by atoms with Crippen molar-refractivity contribution in [3.8, 4) is 16.9 Å². The average Bonchev–Trinajstić information content (AvgIpc) is 3.65. The van der Waals surface area contributed by atoms with Gasteiger partial charge in [-0.05, 0) is 58.7 Å². The highest BCUT2D eigenvalue weighted by molar-refractivity contribution is 6.30. The number of pyridine rings is 1. The van der Waals surface area contributed by atoms with Crippen LogP contribution in [0, 0.1) is 0 Å². The van der Waals surface area contributed by atoms with Crippen molar-refractivity contribution in [2.75, 3.05) is 7.11 Å². The molecule has 0 aliphatic carbocycles. The molecule has 0 N–H and O–H groups in total. The molecular weight excluding hydrogens is 512 g/mol. The summed E-state index contributed by atoms with van der Waals surface area (Å²) < 4.78 is 10.9. The highest BCUT2D eigenvalue weighted by Gasteiger charge is 2.42. The minimum atomic E-state index is -0.944. The molecule has 39 heavy (non-hydrogen) atoms. The monoisotopic (exact) mass is 536 g/mol. The molecule has 3 aromatic heterocycles. The van der Waals surface area contributed by atoms with Gasteiger partial charge in [0.1, 0.15) is 18.4 Å². The van der Waals surface area contributed by atoms with E-state index < -0.39 is 5.54 Å². The first-order valence-electron chi connectivity index (χ1n) is 12.3. The fraction of sp³-hybridized carbons (Fsp3) is 0.133. The fourth-order valence-electron chi connectivity index (χ4n) is 5.34. The van der Waals surface area contributed by atoms with Crippen LogP contribution >= 0.6 is 11.6 Å². The highest BCUT2D eigenvalue weighted by atomic mass is 35.5. The maximum absolute atomic E-state index is 13.0. The Labute approximate surface area is 229 Å². The molecule has 0 saturated carbocycles. The average molecular weight is 537 g/mol. The van der Waals surface area contributed by atoms with Crippen LogP contribution in [-0.4, -0.2) is 36.0 Å². The molecule has 3 aromatic carbocycles. The number of halogens is 1. The third kappa shape index (κ3) is 3.92. The molecule has 6 rings (SSSR count). The molecule has 0 spiro atoms. The van der Waals surface area contributed by atoms with E-state index in [9.17, 15) is 4.79 Å². The summed E-state index contributed by atoms with van der Waals surface area (Å²) >= 11 is 6.32. The fourth-order valence-corrected chi connectivity index (χ4v) is 5.46. The highest BCUT2D eigenvalue weighted by Crippen LogP contribution is 2.42. The first kappa shape index (κ1) is 24.6. The number of aryl methyl sites for hydroxylation is 2. The zero-order chi connectivity index (χ0) is 27.1. The molecular formula is C30H25ClN6O2. The Kier molecular flexibility index (Phi) is 6.04. The number of hydrogen-bond acceptors (Lipinski definition) is 5. The van der Waals surface area contributed by atoms with Gasteiger partial charge in [-0.2, -0.15) is 5.10 Å². The van der Waals surface area contributed by atoms with Crippen LogP contribution in [0.4, 0.5) is 0 Å². The van der Waals surface area contributed by atoms with E-state index in [0.717, 1.165) is 38.9 Å². The smallest absolute Gasteiger partial charge is 0.251 e. The summed E-state index contributed by atoms with van der Waals surface area (Å²) in [5.41, 5.74) is 4.17. The first-order valence-corrected chi connectivity index (χ1v) is 12.7. The Morgan fingerprint density at radius 1 is 0.897 bits per heavy atom. The first-order chi connectivity index (χ1) is 18.9. The zero-order valence-electron chi connectivity index (χ0n) is 21.6. The zero-order valence-corrected chi connectivity index (χ0v) is 22.4. The summed E-state index contributed by atoms with van der Waals surface area (Å²) in [6.07, 6.45) is 6.83. The third-order valence-corrected chi connectivity index (χ3v) is 7.51. The molecule has 194 valence electrons. The van der Waals surface area contributed by atoms with E-state index in [0.29, 0.717) is 10.8 Å². The number of fused-ring (bicyclic) bond motifs is 1. The summed E-state index contributed by atoms with van der Waals surface area (Å²) in [6, 6.07) is 23.2. The summed E-state index contributed by atoms with van der Waals surface area (Å²) in [6.45, 7) is 0. The minimum Gasteiger partial charge on any atom is -0.497 e. The third-order valence-electron chi connectivity index (χ3n) is 7.26. The van der Waals surface area contributed by atoms with Crippen LogP contribution in [0.25, 0.3) is 22.0 Å². The predicted molar refractivity (Wildman–Crippen MR) is 151 cm³/mol. The summed E-state index contributed by atoms with van der Waals surface area (Å²) in [5, 5.41) is 6.17. The predicted octanol–water partition coefficient (Wildman–Crippen LogP) is 5.03. The van der Waals surface area contributed by atoms with Gasteiger partial charge < -0.3 is 13.9 Å². The molecule has 3 heterocycles. The molecule has 0 radical (unpaired) electrons. The lowest BCUT2D eigenvalue weighted by Crippen LogP contribution is -2.40. The molecule has 6 aromatic rings. The SMILES string of the molecule is COc1cccc(-c2cc(=O)n(C)c3ccc(C(c4ccc(Cl)cc4)(c4cncn4C)n4cncn4)cc23)c1. The van der Waals surface area contributed by atoms with E-state index in [4.69, 9.17) is 16.3 Å². The number of aromatic nitrogens is 6. The van der Waals surface area contributed by atoms with E-state index in [1.165, 1.54) is 6.33 Å². The normalized spacial score (nSPS) is 12.9. The van der Waals surface area contributed by atoms with Crippen molar-refractivity contribution in [3.05, 3.63) is 130 Å². The van der Waals surface area contributed by atoms with Gasteiger partial charge in [0, 0.05) is 30.6 Å². The van der Waals surface area contributed by atoms with Gasteiger partial charge in [-0.3, -0.25) is 4.79 Å². The Balaban J connectivity index is 1.74. The van der Waals surface area contributed by atoms with Crippen molar-refractivity contribution in [2.24, 2.45) is 14.1 Å². The van der Waals surface area contributed by atoms with Crippen molar-refractivity contribution >= 4 is 22.5 Å². The number of methoxy groups -OCH3 is 1. The minimum absolute atomic E-state index is 0.0973. The number of ether oxygens (including phenoxy) is 1. The molecule has 0 aliphatic heterocycles. The molecule has 1 unspecified atom stereocenters. The Hall–Kier alpha value is -4.69. The number of benzene rings is 3. The van der Waals surface area contributed by atoms with E-state index >= 15 is 0 Å². The number of hydrogen-bond donors (Lipinski definition) is 0. The topological polar surface area (TPSA) is 79.8 Å². The second kappa shape index (κ2) is 9.56. The number of imidazole rings is 1. The van der Waals surface area contributed by atoms with Crippen LogP contribution in [0.1, 0.15) is 16.8 Å². The molecule has 0 bridgehead atoms. The number of nitrogens with zero attached hydrogens (tertiary/aromatic N) is 6. The largest absolute Gasteiger partial charge is 0.497 e. The summed E-state index contributed by atoms with van der Waals surface area (Å²) in [7, 11) is 5.37. The molecule has 0 fully saturated rings. The second-order valence-electron chi connectivity index (χ2n) is 9.37. The van der Waals surface area contributed by atoms with Crippen LogP contribution in [0.2, 0.25) is 5.02 Å². The van der Waals surface area contributed by atoms with Crippen molar-refractivity contribution in [1.29, 1.82) is 0 Å². The molecule has 0 saturated heterocycles.